The van der Waals surface area contributed by atoms with Gasteiger partial charge in [0.05, 0.1) is 6.10 Å². The number of aryl methyl sites for hydroxylation is 1. The van der Waals surface area contributed by atoms with E-state index in [0.29, 0.717) is 25.9 Å². The lowest BCUT2D eigenvalue weighted by molar-refractivity contribution is 0.129. The molecule has 2 amide bonds. The minimum Gasteiger partial charge on any atom is -0.393 e. The van der Waals surface area contributed by atoms with Gasteiger partial charge in [0.2, 0.25) is 0 Å². The highest BCUT2D eigenvalue weighted by molar-refractivity contribution is 5.73. The lowest BCUT2D eigenvalue weighted by atomic mass is 9.87. The molecule has 0 aliphatic heterocycles. The number of aliphatic hydroxyl groups is 1. The first-order valence-corrected chi connectivity index (χ1v) is 7.64. The van der Waals surface area contributed by atoms with Crippen molar-refractivity contribution in [1.29, 1.82) is 0 Å². The Morgan fingerprint density at radius 3 is 2.64 bits per heavy atom. The second-order valence-electron chi connectivity index (χ2n) is 6.65. The molecular formula is C17H27FN2O2. The Balaban J connectivity index is 2.31. The van der Waals surface area contributed by atoms with E-state index in [-0.39, 0.29) is 23.4 Å². The summed E-state index contributed by atoms with van der Waals surface area (Å²) in [7, 11) is 0. The van der Waals surface area contributed by atoms with Gasteiger partial charge in [-0.25, -0.2) is 9.18 Å². The van der Waals surface area contributed by atoms with Crippen LogP contribution in [-0.4, -0.2) is 30.3 Å². The second kappa shape index (κ2) is 8.13. The van der Waals surface area contributed by atoms with Crippen molar-refractivity contribution in [2.45, 2.75) is 46.6 Å². The summed E-state index contributed by atoms with van der Waals surface area (Å²) in [6.07, 6.45) is 0.903. The largest absolute Gasteiger partial charge is 0.393 e. The Morgan fingerprint density at radius 2 is 2.05 bits per heavy atom. The third kappa shape index (κ3) is 6.89. The molecule has 1 unspecified atom stereocenters. The van der Waals surface area contributed by atoms with Crippen LogP contribution in [-0.2, 0) is 6.42 Å². The topological polar surface area (TPSA) is 61.4 Å². The first-order chi connectivity index (χ1) is 10.2. The van der Waals surface area contributed by atoms with Crippen molar-refractivity contribution in [3.8, 4) is 0 Å². The molecule has 0 bridgehead atoms. The van der Waals surface area contributed by atoms with Crippen molar-refractivity contribution in [3.05, 3.63) is 35.1 Å². The molecule has 0 aromatic heterocycles. The molecular weight excluding hydrogens is 283 g/mol. The second-order valence-corrected chi connectivity index (χ2v) is 6.65. The van der Waals surface area contributed by atoms with Crippen molar-refractivity contribution in [2.75, 3.05) is 13.1 Å². The Morgan fingerprint density at radius 1 is 1.36 bits per heavy atom. The first kappa shape index (κ1) is 18.4. The number of urea groups is 1. The molecule has 0 heterocycles. The summed E-state index contributed by atoms with van der Waals surface area (Å²) in [5, 5.41) is 15.0. The Hall–Kier alpha value is -1.62. The minimum absolute atomic E-state index is 0.154. The molecule has 0 fully saturated rings. The zero-order chi connectivity index (χ0) is 16.8. The monoisotopic (exact) mass is 310 g/mol. The summed E-state index contributed by atoms with van der Waals surface area (Å²) < 4.78 is 13.0. The molecule has 1 rings (SSSR count). The standard InChI is InChI=1S/C17H27FN2O2/c1-12-9-15(18)6-5-14(12)7-8-19-16(22)20-11-17(3,4)10-13(2)21/h5-6,9,13,21H,7-8,10-11H2,1-4H3,(H2,19,20,22). The van der Waals surface area contributed by atoms with Gasteiger partial charge >= 0.3 is 6.03 Å². The van der Waals surface area contributed by atoms with Gasteiger partial charge in [-0.1, -0.05) is 19.9 Å². The number of carbonyl (C=O) groups is 1. The average Bonchev–Trinajstić information content (AvgIpc) is 2.37. The third-order valence-corrected chi connectivity index (χ3v) is 3.56. The number of nitrogens with one attached hydrogen (secondary N) is 2. The summed E-state index contributed by atoms with van der Waals surface area (Å²) in [6, 6.07) is 4.45. The molecule has 0 aliphatic carbocycles. The van der Waals surface area contributed by atoms with E-state index in [9.17, 15) is 14.3 Å². The van der Waals surface area contributed by atoms with Gasteiger partial charge in [-0.15, -0.1) is 0 Å². The van der Waals surface area contributed by atoms with E-state index in [1.54, 1.807) is 13.0 Å². The molecule has 5 heteroatoms. The van der Waals surface area contributed by atoms with Gasteiger partial charge in [-0.3, -0.25) is 0 Å². The van der Waals surface area contributed by atoms with Gasteiger partial charge in [0.1, 0.15) is 5.82 Å². The van der Waals surface area contributed by atoms with Crippen LogP contribution in [0.3, 0.4) is 0 Å². The fourth-order valence-electron chi connectivity index (χ4n) is 2.50. The maximum Gasteiger partial charge on any atom is 0.314 e. The van der Waals surface area contributed by atoms with Gasteiger partial charge < -0.3 is 15.7 Å². The fourth-order valence-corrected chi connectivity index (χ4v) is 2.50. The lowest BCUT2D eigenvalue weighted by Gasteiger charge is -2.26. The van der Waals surface area contributed by atoms with Gasteiger partial charge in [0.15, 0.2) is 0 Å². The number of hydrogen-bond acceptors (Lipinski definition) is 2. The number of benzene rings is 1. The van der Waals surface area contributed by atoms with Crippen LogP contribution in [0, 0.1) is 18.2 Å². The summed E-state index contributed by atoms with van der Waals surface area (Å²) in [4.78, 5) is 11.8. The van der Waals surface area contributed by atoms with Crippen molar-refractivity contribution in [3.63, 3.8) is 0 Å². The van der Waals surface area contributed by atoms with E-state index in [2.05, 4.69) is 10.6 Å². The van der Waals surface area contributed by atoms with Crippen molar-refractivity contribution in [1.82, 2.24) is 10.6 Å². The SMILES string of the molecule is Cc1cc(F)ccc1CCNC(=O)NCC(C)(C)CC(C)O. The fraction of sp³-hybridized carbons (Fsp3) is 0.588. The first-order valence-electron chi connectivity index (χ1n) is 7.64. The summed E-state index contributed by atoms with van der Waals surface area (Å²) in [6.45, 7) is 8.60. The summed E-state index contributed by atoms with van der Waals surface area (Å²) in [5.74, 6) is -0.243. The Labute approximate surface area is 132 Å². The lowest BCUT2D eigenvalue weighted by Crippen LogP contribution is -2.42. The highest BCUT2D eigenvalue weighted by atomic mass is 19.1. The van der Waals surface area contributed by atoms with Gasteiger partial charge in [-0.05, 0) is 55.4 Å². The molecule has 1 aromatic rings. The minimum atomic E-state index is -0.388. The quantitative estimate of drug-likeness (QED) is 0.725. The predicted octanol–water partition coefficient (Wildman–Crippen LogP) is 2.77. The van der Waals surface area contributed by atoms with E-state index >= 15 is 0 Å². The number of hydrogen-bond donors (Lipinski definition) is 3. The van der Waals surface area contributed by atoms with Crippen LogP contribution in [0.25, 0.3) is 0 Å². The zero-order valence-corrected chi connectivity index (χ0v) is 13.9. The van der Waals surface area contributed by atoms with Crippen LogP contribution in [0.15, 0.2) is 18.2 Å². The highest BCUT2D eigenvalue weighted by Crippen LogP contribution is 2.20. The number of carbonyl (C=O) groups excluding carboxylic acids is 1. The van der Waals surface area contributed by atoms with E-state index in [1.807, 2.05) is 20.8 Å². The molecule has 1 aromatic carbocycles. The van der Waals surface area contributed by atoms with Gasteiger partial charge in [-0.2, -0.15) is 0 Å². The molecule has 0 saturated carbocycles. The average molecular weight is 310 g/mol. The molecule has 0 aliphatic rings. The normalized spacial score (nSPS) is 12.8. The van der Waals surface area contributed by atoms with Gasteiger partial charge in [0.25, 0.3) is 0 Å². The van der Waals surface area contributed by atoms with Crippen molar-refractivity contribution < 1.29 is 14.3 Å². The smallest absolute Gasteiger partial charge is 0.314 e. The van der Waals surface area contributed by atoms with Crippen LogP contribution in [0.2, 0.25) is 0 Å². The van der Waals surface area contributed by atoms with E-state index in [4.69, 9.17) is 0 Å². The van der Waals surface area contributed by atoms with E-state index in [1.165, 1.54) is 12.1 Å². The Kier molecular flexibility index (Phi) is 6.81. The zero-order valence-electron chi connectivity index (χ0n) is 13.9. The van der Waals surface area contributed by atoms with Gasteiger partial charge in [0, 0.05) is 13.1 Å². The van der Waals surface area contributed by atoms with Crippen LogP contribution in [0.1, 0.15) is 38.3 Å². The molecule has 1 atom stereocenters. The number of amides is 2. The van der Waals surface area contributed by atoms with Crippen LogP contribution >= 0.6 is 0 Å². The highest BCUT2D eigenvalue weighted by Gasteiger charge is 2.20. The van der Waals surface area contributed by atoms with E-state index < -0.39 is 0 Å². The molecule has 0 spiro atoms. The van der Waals surface area contributed by atoms with Crippen molar-refractivity contribution in [2.24, 2.45) is 5.41 Å². The third-order valence-electron chi connectivity index (χ3n) is 3.56. The molecule has 4 nitrogen and oxygen atoms in total. The number of halogens is 1. The molecule has 22 heavy (non-hydrogen) atoms. The maximum absolute atomic E-state index is 13.0. The molecule has 124 valence electrons. The predicted molar refractivity (Wildman–Crippen MR) is 86.3 cm³/mol. The van der Waals surface area contributed by atoms with E-state index in [0.717, 1.165) is 11.1 Å². The molecule has 0 radical (unpaired) electrons. The molecule has 0 saturated heterocycles. The summed E-state index contributed by atoms with van der Waals surface area (Å²) >= 11 is 0. The van der Waals surface area contributed by atoms with Crippen LogP contribution in [0.4, 0.5) is 9.18 Å². The van der Waals surface area contributed by atoms with Crippen LogP contribution in [0.5, 0.6) is 0 Å². The molecule has 3 N–H and O–H groups in total. The van der Waals surface area contributed by atoms with Crippen molar-refractivity contribution >= 4 is 6.03 Å². The number of aliphatic hydroxyl groups excluding tert-OH is 1. The number of rotatable bonds is 7. The summed E-state index contributed by atoms with van der Waals surface area (Å²) in [5.41, 5.74) is 1.76. The van der Waals surface area contributed by atoms with Crippen LogP contribution < -0.4 is 10.6 Å². The Bertz CT molecular complexity index is 501. The maximum atomic E-state index is 13.0.